The van der Waals surface area contributed by atoms with Crippen LogP contribution in [0.3, 0.4) is 0 Å². The fourth-order valence-corrected chi connectivity index (χ4v) is 0.794. The van der Waals surface area contributed by atoms with Crippen LogP contribution in [-0.4, -0.2) is 39.5 Å². The molecule has 0 saturated carbocycles. The molecule has 0 aliphatic carbocycles. The maximum Gasteiger partial charge on any atom is 0.337 e. The molecule has 0 bridgehead atoms. The van der Waals surface area contributed by atoms with E-state index in [-0.39, 0.29) is 12.6 Å². The second-order valence-corrected chi connectivity index (χ2v) is 2.70. The highest BCUT2D eigenvalue weighted by Gasteiger charge is 2.18. The minimum Gasteiger partial charge on any atom is -0.464 e. The third kappa shape index (κ3) is 5.60. The van der Waals surface area contributed by atoms with Crippen LogP contribution in [0.15, 0.2) is 0 Å². The summed E-state index contributed by atoms with van der Waals surface area (Å²) in [5.74, 6) is -0.349. The molecule has 0 spiro atoms. The summed E-state index contributed by atoms with van der Waals surface area (Å²) < 4.78 is 14.6. The van der Waals surface area contributed by atoms with Crippen LogP contribution in [0.1, 0.15) is 19.8 Å². The molecule has 0 heterocycles. The molecule has 0 aromatic rings. The number of methoxy groups -OCH3 is 2. The number of hydrogen-bond donors (Lipinski definition) is 0. The summed E-state index contributed by atoms with van der Waals surface area (Å²) in [4.78, 5) is 11.2. The molecule has 0 saturated heterocycles. The first-order valence-electron chi connectivity index (χ1n) is 4.44. The number of carbonyl (C=O) groups excluding carboxylic acids is 1. The number of ether oxygens (including phenoxy) is 3. The summed E-state index contributed by atoms with van der Waals surface area (Å²) in [7, 11) is 2.98. The zero-order valence-corrected chi connectivity index (χ0v) is 8.54. The second kappa shape index (κ2) is 8.01. The summed E-state index contributed by atoms with van der Waals surface area (Å²) in [6.45, 7) is 2.73. The van der Waals surface area contributed by atoms with E-state index in [1.54, 1.807) is 0 Å². The van der Waals surface area contributed by atoms with Gasteiger partial charge in [-0.05, 0) is 6.42 Å². The highest BCUT2D eigenvalue weighted by atomic mass is 16.6. The first kappa shape index (κ1) is 12.4. The van der Waals surface area contributed by atoms with Gasteiger partial charge in [0, 0.05) is 14.2 Å². The van der Waals surface area contributed by atoms with E-state index in [0.29, 0.717) is 6.61 Å². The highest BCUT2D eigenvalue weighted by Crippen LogP contribution is 1.97. The van der Waals surface area contributed by atoms with Crippen molar-refractivity contribution in [1.82, 2.24) is 0 Å². The molecule has 0 aliphatic rings. The van der Waals surface area contributed by atoms with Crippen molar-refractivity contribution in [3.8, 4) is 0 Å². The van der Waals surface area contributed by atoms with Gasteiger partial charge in [-0.1, -0.05) is 13.3 Å². The van der Waals surface area contributed by atoms with E-state index in [0.717, 1.165) is 12.8 Å². The Balaban J connectivity index is 3.64. The van der Waals surface area contributed by atoms with Crippen molar-refractivity contribution in [2.24, 2.45) is 0 Å². The first-order chi connectivity index (χ1) is 6.26. The molecule has 0 fully saturated rings. The van der Waals surface area contributed by atoms with Crippen molar-refractivity contribution in [2.75, 3.05) is 27.4 Å². The Labute approximate surface area is 79.2 Å². The Morgan fingerprint density at radius 1 is 1.38 bits per heavy atom. The number of hydrogen-bond acceptors (Lipinski definition) is 4. The van der Waals surface area contributed by atoms with Crippen LogP contribution < -0.4 is 0 Å². The third-order valence-electron chi connectivity index (χ3n) is 1.61. The standard InChI is InChI=1S/C9H18O4/c1-4-5-6-13-9(10)8(12-3)7-11-2/h8H,4-7H2,1-3H3/t8-/m0/s1. The van der Waals surface area contributed by atoms with E-state index >= 15 is 0 Å². The van der Waals surface area contributed by atoms with Crippen LogP contribution in [0.2, 0.25) is 0 Å². The maximum absolute atomic E-state index is 11.2. The van der Waals surface area contributed by atoms with Crippen molar-refractivity contribution in [3.05, 3.63) is 0 Å². The van der Waals surface area contributed by atoms with Crippen molar-refractivity contribution in [1.29, 1.82) is 0 Å². The average Bonchev–Trinajstić information content (AvgIpc) is 2.14. The Morgan fingerprint density at radius 2 is 2.08 bits per heavy atom. The molecule has 4 heteroatoms. The summed E-state index contributed by atoms with van der Waals surface area (Å²) in [6.07, 6.45) is 1.30. The molecule has 0 aromatic heterocycles. The van der Waals surface area contributed by atoms with E-state index in [2.05, 4.69) is 0 Å². The van der Waals surface area contributed by atoms with Gasteiger partial charge >= 0.3 is 5.97 Å². The van der Waals surface area contributed by atoms with E-state index in [9.17, 15) is 4.79 Å². The maximum atomic E-state index is 11.2. The van der Waals surface area contributed by atoms with Gasteiger partial charge in [0.25, 0.3) is 0 Å². The van der Waals surface area contributed by atoms with Gasteiger partial charge in [-0.15, -0.1) is 0 Å². The largest absolute Gasteiger partial charge is 0.464 e. The molecule has 0 aliphatic heterocycles. The van der Waals surface area contributed by atoms with E-state index in [4.69, 9.17) is 14.2 Å². The molecule has 78 valence electrons. The summed E-state index contributed by atoms with van der Waals surface area (Å²) in [6, 6.07) is 0. The van der Waals surface area contributed by atoms with Crippen LogP contribution >= 0.6 is 0 Å². The van der Waals surface area contributed by atoms with Crippen LogP contribution in [-0.2, 0) is 19.0 Å². The van der Waals surface area contributed by atoms with Gasteiger partial charge in [-0.3, -0.25) is 0 Å². The van der Waals surface area contributed by atoms with E-state index in [1.807, 2.05) is 6.92 Å². The average molecular weight is 190 g/mol. The van der Waals surface area contributed by atoms with Gasteiger partial charge in [0.15, 0.2) is 6.10 Å². The minimum absolute atomic E-state index is 0.238. The van der Waals surface area contributed by atoms with Crippen LogP contribution in [0.4, 0.5) is 0 Å². The minimum atomic E-state index is -0.596. The van der Waals surface area contributed by atoms with E-state index < -0.39 is 6.10 Å². The van der Waals surface area contributed by atoms with Gasteiger partial charge < -0.3 is 14.2 Å². The number of rotatable bonds is 7. The molecule has 0 rings (SSSR count). The van der Waals surface area contributed by atoms with Gasteiger partial charge in [0.2, 0.25) is 0 Å². The van der Waals surface area contributed by atoms with Crippen molar-refractivity contribution >= 4 is 5.97 Å². The molecule has 0 radical (unpaired) electrons. The normalized spacial score (nSPS) is 12.5. The molecule has 0 N–H and O–H groups in total. The first-order valence-corrected chi connectivity index (χ1v) is 4.44. The molecule has 1 atom stereocenters. The van der Waals surface area contributed by atoms with Crippen LogP contribution in [0, 0.1) is 0 Å². The number of unbranched alkanes of at least 4 members (excludes halogenated alkanes) is 1. The fourth-order valence-electron chi connectivity index (χ4n) is 0.794. The SMILES string of the molecule is CCCCOC(=O)[C@H](COC)OC. The lowest BCUT2D eigenvalue weighted by molar-refractivity contribution is -0.158. The third-order valence-corrected chi connectivity index (χ3v) is 1.61. The topological polar surface area (TPSA) is 44.8 Å². The summed E-state index contributed by atoms with van der Waals surface area (Å²) in [5, 5.41) is 0. The molecule has 4 nitrogen and oxygen atoms in total. The van der Waals surface area contributed by atoms with Crippen molar-refractivity contribution in [2.45, 2.75) is 25.9 Å². The van der Waals surface area contributed by atoms with Gasteiger partial charge in [0.05, 0.1) is 13.2 Å². The van der Waals surface area contributed by atoms with Crippen molar-refractivity contribution in [3.63, 3.8) is 0 Å². The second-order valence-electron chi connectivity index (χ2n) is 2.70. The van der Waals surface area contributed by atoms with Gasteiger partial charge in [0.1, 0.15) is 0 Å². The zero-order valence-electron chi connectivity index (χ0n) is 8.54. The Morgan fingerprint density at radius 3 is 2.54 bits per heavy atom. The monoisotopic (exact) mass is 190 g/mol. The summed E-state index contributed by atoms with van der Waals surface area (Å²) in [5.41, 5.74) is 0. The van der Waals surface area contributed by atoms with Crippen molar-refractivity contribution < 1.29 is 19.0 Å². The fraction of sp³-hybridized carbons (Fsp3) is 0.889. The number of esters is 1. The lowest BCUT2D eigenvalue weighted by Crippen LogP contribution is -2.30. The zero-order chi connectivity index (χ0) is 10.1. The molecule has 0 unspecified atom stereocenters. The van der Waals surface area contributed by atoms with Crippen LogP contribution in [0.25, 0.3) is 0 Å². The lowest BCUT2D eigenvalue weighted by Gasteiger charge is -2.12. The van der Waals surface area contributed by atoms with Crippen LogP contribution in [0.5, 0.6) is 0 Å². The van der Waals surface area contributed by atoms with E-state index in [1.165, 1.54) is 14.2 Å². The number of carbonyl (C=O) groups is 1. The highest BCUT2D eigenvalue weighted by molar-refractivity contribution is 5.74. The Hall–Kier alpha value is -0.610. The summed E-state index contributed by atoms with van der Waals surface area (Å²) >= 11 is 0. The molecular formula is C9H18O4. The molecule has 0 amide bonds. The smallest absolute Gasteiger partial charge is 0.337 e. The molecule has 0 aromatic carbocycles. The lowest BCUT2D eigenvalue weighted by atomic mass is 10.3. The Kier molecular flexibility index (Phi) is 7.63. The quantitative estimate of drug-likeness (QED) is 0.443. The predicted octanol–water partition coefficient (Wildman–Crippen LogP) is 0.991. The van der Waals surface area contributed by atoms with Gasteiger partial charge in [-0.25, -0.2) is 4.79 Å². The van der Waals surface area contributed by atoms with Gasteiger partial charge in [-0.2, -0.15) is 0 Å². The predicted molar refractivity (Wildman–Crippen MR) is 48.5 cm³/mol. The molecule has 13 heavy (non-hydrogen) atoms. The Bertz CT molecular complexity index is 136. The molecular weight excluding hydrogens is 172 g/mol.